The minimum Gasteiger partial charge on any atom is -0.318 e. The standard InChI is InChI=1S/C20H19F6N3O/c21-19(22,23)11-5-13-8-14(6-11)29(13)18(30)28-12-2-4-17(20(24,25)26)16(7-12)15-3-1-10(15)9-27/h2,4,7,10-11,13-15H,1,3,5-6,8H2,(H,28,30)/t10-,11?,13?,14?,15?/m1/s1. The molecule has 1 heterocycles. The Bertz CT molecular complexity index is 878. The molecular weight excluding hydrogens is 412 g/mol. The van der Waals surface area contributed by atoms with Gasteiger partial charge in [-0.05, 0) is 55.9 Å². The van der Waals surface area contributed by atoms with Crippen LogP contribution in [0.2, 0.25) is 0 Å². The molecule has 2 amide bonds. The predicted molar refractivity (Wildman–Crippen MR) is 94.4 cm³/mol. The number of anilines is 1. The number of carbonyl (C=O) groups is 1. The molecule has 1 aromatic carbocycles. The summed E-state index contributed by atoms with van der Waals surface area (Å²) in [5.41, 5.74) is -0.720. The van der Waals surface area contributed by atoms with E-state index >= 15 is 0 Å². The van der Waals surface area contributed by atoms with Crippen LogP contribution in [0, 0.1) is 23.2 Å². The van der Waals surface area contributed by atoms with Gasteiger partial charge in [0.05, 0.1) is 23.5 Å². The molecule has 1 aromatic rings. The molecule has 2 aliphatic carbocycles. The van der Waals surface area contributed by atoms with Gasteiger partial charge in [-0.15, -0.1) is 0 Å². The minimum atomic E-state index is -4.59. The highest BCUT2D eigenvalue weighted by Gasteiger charge is 2.54. The van der Waals surface area contributed by atoms with Crippen LogP contribution in [0.4, 0.5) is 36.8 Å². The quantitative estimate of drug-likeness (QED) is 0.614. The number of alkyl halides is 6. The third-order valence-corrected chi connectivity index (χ3v) is 6.59. The second-order valence-corrected chi connectivity index (χ2v) is 8.31. The summed E-state index contributed by atoms with van der Waals surface area (Å²) in [6.45, 7) is 0. The highest BCUT2D eigenvalue weighted by Crippen LogP contribution is 2.49. The van der Waals surface area contributed by atoms with E-state index in [4.69, 9.17) is 5.26 Å². The van der Waals surface area contributed by atoms with Gasteiger partial charge < -0.3 is 10.2 Å². The molecule has 0 radical (unpaired) electrons. The number of hydrogen-bond donors (Lipinski definition) is 1. The first-order valence-electron chi connectivity index (χ1n) is 9.76. The summed E-state index contributed by atoms with van der Waals surface area (Å²) in [4.78, 5) is 14.0. The van der Waals surface area contributed by atoms with E-state index in [9.17, 15) is 31.1 Å². The molecular formula is C20H19F6N3O. The van der Waals surface area contributed by atoms with Gasteiger partial charge in [-0.1, -0.05) is 0 Å². The molecule has 3 unspecified atom stereocenters. The van der Waals surface area contributed by atoms with Crippen molar-refractivity contribution in [2.24, 2.45) is 11.8 Å². The Morgan fingerprint density at radius 1 is 1.07 bits per heavy atom. The van der Waals surface area contributed by atoms with E-state index in [2.05, 4.69) is 5.32 Å². The van der Waals surface area contributed by atoms with Crippen molar-refractivity contribution < 1.29 is 31.1 Å². The van der Waals surface area contributed by atoms with Gasteiger partial charge >= 0.3 is 18.4 Å². The number of carbonyl (C=O) groups excluding carboxylic acids is 1. The monoisotopic (exact) mass is 431 g/mol. The smallest absolute Gasteiger partial charge is 0.318 e. The molecule has 1 aliphatic heterocycles. The summed E-state index contributed by atoms with van der Waals surface area (Å²) < 4.78 is 79.0. The number of likely N-dealkylation sites (tertiary alicyclic amines) is 1. The fourth-order valence-electron chi connectivity index (χ4n) is 4.89. The third kappa shape index (κ3) is 3.59. The molecule has 2 bridgehead atoms. The second kappa shape index (κ2) is 7.06. The lowest BCUT2D eigenvalue weighted by molar-refractivity contribution is -0.205. The molecule has 0 aromatic heterocycles. The number of piperidine rings is 1. The SMILES string of the molecule is N#C[C@H]1CCC1c1cc(NC(=O)N2C3CC2CC(C(F)(F)F)C3)ccc1C(F)(F)F. The van der Waals surface area contributed by atoms with Gasteiger partial charge in [0.15, 0.2) is 0 Å². The van der Waals surface area contributed by atoms with Crippen molar-refractivity contribution in [3.63, 3.8) is 0 Å². The number of halogens is 6. The average molecular weight is 431 g/mol. The predicted octanol–water partition coefficient (Wildman–Crippen LogP) is 5.67. The molecule has 10 heteroatoms. The van der Waals surface area contributed by atoms with Gasteiger partial charge in [-0.3, -0.25) is 0 Å². The Morgan fingerprint density at radius 2 is 1.73 bits per heavy atom. The van der Waals surface area contributed by atoms with Crippen LogP contribution in [0.15, 0.2) is 18.2 Å². The van der Waals surface area contributed by atoms with E-state index in [1.807, 2.05) is 6.07 Å². The summed E-state index contributed by atoms with van der Waals surface area (Å²) in [5, 5.41) is 11.7. The Morgan fingerprint density at radius 3 is 2.23 bits per heavy atom. The number of urea groups is 1. The molecule has 1 saturated heterocycles. The zero-order chi connectivity index (χ0) is 21.8. The van der Waals surface area contributed by atoms with Crippen molar-refractivity contribution >= 4 is 11.7 Å². The van der Waals surface area contributed by atoms with E-state index in [-0.39, 0.29) is 24.1 Å². The van der Waals surface area contributed by atoms with E-state index in [1.165, 1.54) is 11.0 Å². The van der Waals surface area contributed by atoms with Crippen LogP contribution < -0.4 is 5.32 Å². The van der Waals surface area contributed by atoms with Crippen LogP contribution in [-0.2, 0) is 6.18 Å². The molecule has 3 aliphatic rings. The molecule has 2 saturated carbocycles. The largest absolute Gasteiger partial charge is 0.416 e. The molecule has 0 spiro atoms. The van der Waals surface area contributed by atoms with Crippen molar-refractivity contribution in [3.8, 4) is 6.07 Å². The number of nitriles is 1. The summed E-state index contributed by atoms with van der Waals surface area (Å²) >= 11 is 0. The van der Waals surface area contributed by atoms with Gasteiger partial charge in [0.2, 0.25) is 0 Å². The zero-order valence-corrected chi connectivity index (χ0v) is 15.7. The molecule has 4 nitrogen and oxygen atoms in total. The van der Waals surface area contributed by atoms with Gasteiger partial charge in [-0.2, -0.15) is 31.6 Å². The Kier molecular flexibility index (Phi) is 4.90. The first kappa shape index (κ1) is 20.8. The summed E-state index contributed by atoms with van der Waals surface area (Å²) in [6, 6.07) is 3.64. The Balaban J connectivity index is 1.50. The van der Waals surface area contributed by atoms with Crippen LogP contribution in [0.1, 0.15) is 49.1 Å². The molecule has 4 rings (SSSR count). The highest BCUT2D eigenvalue weighted by molar-refractivity contribution is 5.90. The maximum absolute atomic E-state index is 13.4. The maximum atomic E-state index is 13.4. The first-order chi connectivity index (χ1) is 14.0. The molecule has 3 fully saturated rings. The van der Waals surface area contributed by atoms with E-state index < -0.39 is 53.8 Å². The number of hydrogen-bond acceptors (Lipinski definition) is 2. The third-order valence-electron chi connectivity index (χ3n) is 6.59. The normalized spacial score (nSPS) is 30.7. The Hall–Kier alpha value is -2.44. The van der Waals surface area contributed by atoms with Crippen LogP contribution in [0.25, 0.3) is 0 Å². The molecule has 30 heavy (non-hydrogen) atoms. The van der Waals surface area contributed by atoms with Gasteiger partial charge in [0.25, 0.3) is 0 Å². The number of nitrogens with one attached hydrogen (secondary N) is 1. The summed E-state index contributed by atoms with van der Waals surface area (Å²) in [6.07, 6.45) is -7.71. The van der Waals surface area contributed by atoms with Gasteiger partial charge in [-0.25, -0.2) is 4.79 Å². The molecule has 1 N–H and O–H groups in total. The zero-order valence-electron chi connectivity index (χ0n) is 15.7. The number of fused-ring (bicyclic) bond motifs is 2. The van der Waals surface area contributed by atoms with Gasteiger partial charge in [0.1, 0.15) is 0 Å². The number of benzene rings is 1. The van der Waals surface area contributed by atoms with Crippen LogP contribution >= 0.6 is 0 Å². The van der Waals surface area contributed by atoms with Gasteiger partial charge in [0, 0.05) is 23.7 Å². The van der Waals surface area contributed by atoms with Crippen molar-refractivity contribution in [1.82, 2.24) is 4.90 Å². The highest BCUT2D eigenvalue weighted by atomic mass is 19.4. The summed E-state index contributed by atoms with van der Waals surface area (Å²) in [7, 11) is 0. The van der Waals surface area contributed by atoms with Crippen molar-refractivity contribution in [2.75, 3.05) is 5.32 Å². The lowest BCUT2D eigenvalue weighted by atomic mass is 9.69. The fourth-order valence-corrected chi connectivity index (χ4v) is 4.89. The lowest BCUT2D eigenvalue weighted by Gasteiger charge is -2.55. The van der Waals surface area contributed by atoms with Crippen LogP contribution in [-0.4, -0.2) is 29.2 Å². The second-order valence-electron chi connectivity index (χ2n) is 8.31. The molecule has 162 valence electrons. The van der Waals surface area contributed by atoms with Crippen molar-refractivity contribution in [1.29, 1.82) is 5.26 Å². The molecule has 4 atom stereocenters. The maximum Gasteiger partial charge on any atom is 0.416 e. The average Bonchev–Trinajstić information content (AvgIpc) is 2.59. The lowest BCUT2D eigenvalue weighted by Crippen LogP contribution is -2.65. The fraction of sp³-hybridized carbons (Fsp3) is 0.600. The van der Waals surface area contributed by atoms with E-state index in [0.29, 0.717) is 19.3 Å². The number of nitrogens with zero attached hydrogens (tertiary/aromatic N) is 2. The minimum absolute atomic E-state index is 0.0287. The van der Waals surface area contributed by atoms with Crippen molar-refractivity contribution in [3.05, 3.63) is 29.3 Å². The van der Waals surface area contributed by atoms with E-state index in [0.717, 1.165) is 12.1 Å². The van der Waals surface area contributed by atoms with E-state index in [1.54, 1.807) is 0 Å². The van der Waals surface area contributed by atoms with Crippen LogP contribution in [0.5, 0.6) is 0 Å². The Labute approximate surface area is 168 Å². The van der Waals surface area contributed by atoms with Crippen molar-refractivity contribution in [2.45, 2.75) is 62.5 Å². The topological polar surface area (TPSA) is 56.1 Å². The number of amides is 2. The summed E-state index contributed by atoms with van der Waals surface area (Å²) in [5.74, 6) is -2.49. The number of rotatable bonds is 2. The van der Waals surface area contributed by atoms with Crippen LogP contribution in [0.3, 0.4) is 0 Å². The first-order valence-corrected chi connectivity index (χ1v) is 9.76.